The van der Waals surface area contributed by atoms with Gasteiger partial charge in [0.25, 0.3) is 5.91 Å². The SMILES string of the molecule is CN(C)S(=O)(=O)c1ccc(C(=O)NC2=Nc3ccccc3C2)cc1. The van der Waals surface area contributed by atoms with Crippen LogP contribution in [0.1, 0.15) is 15.9 Å². The molecule has 0 atom stereocenters. The monoisotopic (exact) mass is 343 g/mol. The highest BCUT2D eigenvalue weighted by atomic mass is 32.2. The number of amidine groups is 1. The van der Waals surface area contributed by atoms with Crippen molar-refractivity contribution in [1.82, 2.24) is 9.62 Å². The second-order valence-electron chi connectivity index (χ2n) is 5.63. The Morgan fingerprint density at radius 3 is 2.38 bits per heavy atom. The Bertz CT molecular complexity index is 916. The fraction of sp³-hybridized carbons (Fsp3) is 0.176. The molecule has 0 aliphatic carbocycles. The van der Waals surface area contributed by atoms with E-state index in [0.29, 0.717) is 17.8 Å². The maximum Gasteiger partial charge on any atom is 0.256 e. The van der Waals surface area contributed by atoms with Crippen LogP contribution in [0.25, 0.3) is 0 Å². The van der Waals surface area contributed by atoms with Crippen LogP contribution in [0.15, 0.2) is 58.4 Å². The predicted molar refractivity (Wildman–Crippen MR) is 92.0 cm³/mol. The van der Waals surface area contributed by atoms with E-state index in [2.05, 4.69) is 10.3 Å². The van der Waals surface area contributed by atoms with Crippen LogP contribution in [-0.2, 0) is 16.4 Å². The molecule has 0 spiro atoms. The van der Waals surface area contributed by atoms with Crippen LogP contribution in [0.2, 0.25) is 0 Å². The van der Waals surface area contributed by atoms with Gasteiger partial charge in [0, 0.05) is 26.1 Å². The van der Waals surface area contributed by atoms with Crippen molar-refractivity contribution in [3.8, 4) is 0 Å². The molecule has 0 bridgehead atoms. The van der Waals surface area contributed by atoms with Gasteiger partial charge in [-0.25, -0.2) is 17.7 Å². The smallest absolute Gasteiger partial charge is 0.256 e. The van der Waals surface area contributed by atoms with Gasteiger partial charge in [-0.2, -0.15) is 0 Å². The molecule has 6 nitrogen and oxygen atoms in total. The molecule has 1 N–H and O–H groups in total. The minimum atomic E-state index is -3.50. The third-order valence-electron chi connectivity index (χ3n) is 3.76. The van der Waals surface area contributed by atoms with Gasteiger partial charge in [0.1, 0.15) is 5.84 Å². The van der Waals surface area contributed by atoms with Gasteiger partial charge in [-0.3, -0.25) is 4.79 Å². The summed E-state index contributed by atoms with van der Waals surface area (Å²) in [5.41, 5.74) is 2.31. The molecule has 0 saturated heterocycles. The number of carbonyl (C=O) groups excluding carboxylic acids is 1. The van der Waals surface area contributed by atoms with Gasteiger partial charge in [-0.1, -0.05) is 18.2 Å². The van der Waals surface area contributed by atoms with Crippen LogP contribution in [-0.4, -0.2) is 38.6 Å². The fourth-order valence-electron chi connectivity index (χ4n) is 2.40. The zero-order valence-electron chi connectivity index (χ0n) is 13.4. The molecular weight excluding hydrogens is 326 g/mol. The van der Waals surface area contributed by atoms with Crippen molar-refractivity contribution in [3.63, 3.8) is 0 Å². The van der Waals surface area contributed by atoms with Gasteiger partial charge in [-0.05, 0) is 35.9 Å². The molecule has 0 aromatic heterocycles. The van der Waals surface area contributed by atoms with E-state index in [1.54, 1.807) is 0 Å². The topological polar surface area (TPSA) is 78.8 Å². The van der Waals surface area contributed by atoms with Gasteiger partial charge >= 0.3 is 0 Å². The summed E-state index contributed by atoms with van der Waals surface area (Å²) in [4.78, 5) is 16.8. The number of nitrogens with zero attached hydrogens (tertiary/aromatic N) is 2. The van der Waals surface area contributed by atoms with E-state index >= 15 is 0 Å². The van der Waals surface area contributed by atoms with E-state index < -0.39 is 10.0 Å². The number of benzene rings is 2. The van der Waals surface area contributed by atoms with E-state index in [9.17, 15) is 13.2 Å². The normalized spacial score (nSPS) is 13.5. The van der Waals surface area contributed by atoms with Crippen LogP contribution >= 0.6 is 0 Å². The molecule has 1 amide bonds. The molecule has 1 aliphatic heterocycles. The van der Waals surface area contributed by atoms with Gasteiger partial charge in [0.05, 0.1) is 10.6 Å². The van der Waals surface area contributed by atoms with Crippen molar-refractivity contribution >= 4 is 27.5 Å². The molecule has 3 rings (SSSR count). The Labute approximate surface area is 140 Å². The molecule has 1 aliphatic rings. The summed E-state index contributed by atoms with van der Waals surface area (Å²) in [7, 11) is -0.572. The number of aliphatic imine (C=N–C) groups is 1. The third-order valence-corrected chi connectivity index (χ3v) is 5.59. The number of fused-ring (bicyclic) bond motifs is 1. The van der Waals surface area contributed by atoms with Gasteiger partial charge in [-0.15, -0.1) is 0 Å². The number of hydrogen-bond donors (Lipinski definition) is 1. The largest absolute Gasteiger partial charge is 0.310 e. The van der Waals surface area contributed by atoms with Crippen LogP contribution < -0.4 is 5.32 Å². The van der Waals surface area contributed by atoms with Crippen molar-refractivity contribution in [2.75, 3.05) is 14.1 Å². The Morgan fingerprint density at radius 2 is 1.75 bits per heavy atom. The first kappa shape index (κ1) is 16.4. The fourth-order valence-corrected chi connectivity index (χ4v) is 3.30. The first-order valence-electron chi connectivity index (χ1n) is 7.37. The number of sulfonamides is 1. The summed E-state index contributed by atoms with van der Waals surface area (Å²) in [5.74, 6) is 0.279. The Kier molecular flexibility index (Phi) is 4.21. The van der Waals surface area contributed by atoms with Crippen LogP contribution in [0.5, 0.6) is 0 Å². The van der Waals surface area contributed by atoms with Crippen molar-refractivity contribution in [2.45, 2.75) is 11.3 Å². The van der Waals surface area contributed by atoms with E-state index in [-0.39, 0.29) is 10.8 Å². The van der Waals surface area contributed by atoms with Crippen LogP contribution in [0, 0.1) is 0 Å². The number of nitrogens with one attached hydrogen (secondary N) is 1. The summed E-state index contributed by atoms with van der Waals surface area (Å²) in [6.07, 6.45) is 0.578. The second-order valence-corrected chi connectivity index (χ2v) is 7.78. The second kappa shape index (κ2) is 6.18. The first-order valence-corrected chi connectivity index (χ1v) is 8.81. The zero-order chi connectivity index (χ0) is 17.3. The molecule has 0 saturated carbocycles. The Balaban J connectivity index is 1.73. The van der Waals surface area contributed by atoms with E-state index in [1.807, 2.05) is 24.3 Å². The number of para-hydroxylation sites is 1. The average Bonchev–Trinajstić information content (AvgIpc) is 2.97. The van der Waals surface area contributed by atoms with Gasteiger partial charge < -0.3 is 5.32 Å². The van der Waals surface area contributed by atoms with E-state index in [0.717, 1.165) is 15.6 Å². The van der Waals surface area contributed by atoms with Crippen molar-refractivity contribution in [1.29, 1.82) is 0 Å². The third kappa shape index (κ3) is 3.08. The minimum absolute atomic E-state index is 0.148. The quantitative estimate of drug-likeness (QED) is 0.925. The predicted octanol–water partition coefficient (Wildman–Crippen LogP) is 1.95. The van der Waals surface area contributed by atoms with Crippen LogP contribution in [0.3, 0.4) is 0 Å². The number of hydrogen-bond acceptors (Lipinski definition) is 4. The maximum absolute atomic E-state index is 12.3. The number of rotatable bonds is 3. The average molecular weight is 343 g/mol. The summed E-state index contributed by atoms with van der Waals surface area (Å²) < 4.78 is 25.2. The maximum atomic E-state index is 12.3. The molecule has 124 valence electrons. The van der Waals surface area contributed by atoms with Crippen molar-refractivity contribution < 1.29 is 13.2 Å². The summed E-state index contributed by atoms with van der Waals surface area (Å²) in [6.45, 7) is 0. The highest BCUT2D eigenvalue weighted by molar-refractivity contribution is 7.89. The molecule has 0 fully saturated rings. The van der Waals surface area contributed by atoms with Gasteiger partial charge in [0.15, 0.2) is 0 Å². The molecule has 2 aromatic rings. The Hall–Kier alpha value is -2.51. The lowest BCUT2D eigenvalue weighted by Crippen LogP contribution is -2.30. The molecule has 2 aromatic carbocycles. The van der Waals surface area contributed by atoms with Crippen LogP contribution in [0.4, 0.5) is 5.69 Å². The van der Waals surface area contributed by atoms with Gasteiger partial charge in [0.2, 0.25) is 10.0 Å². The summed E-state index contributed by atoms with van der Waals surface area (Å²) >= 11 is 0. The molecule has 7 heteroatoms. The lowest BCUT2D eigenvalue weighted by Gasteiger charge is -2.11. The lowest BCUT2D eigenvalue weighted by molar-refractivity contribution is 0.0976. The van der Waals surface area contributed by atoms with Crippen molar-refractivity contribution in [3.05, 3.63) is 59.7 Å². The standard InChI is InChI=1S/C17H17N3O3S/c1-20(2)24(22,23)14-9-7-12(8-10-14)17(21)19-16-11-13-5-3-4-6-15(13)18-16/h3-10H,11H2,1-2H3,(H,18,19,21). The number of amides is 1. The highest BCUT2D eigenvalue weighted by Gasteiger charge is 2.19. The minimum Gasteiger partial charge on any atom is -0.310 e. The summed E-state index contributed by atoms with van der Waals surface area (Å²) in [5, 5.41) is 2.77. The molecular formula is C17H17N3O3S. The lowest BCUT2D eigenvalue weighted by atomic mass is 10.1. The van der Waals surface area contributed by atoms with E-state index in [1.165, 1.54) is 38.4 Å². The first-order chi connectivity index (χ1) is 11.4. The highest BCUT2D eigenvalue weighted by Crippen LogP contribution is 2.25. The number of carbonyl (C=O) groups is 1. The Morgan fingerprint density at radius 1 is 1.08 bits per heavy atom. The summed E-state index contributed by atoms with van der Waals surface area (Å²) in [6, 6.07) is 13.5. The molecule has 1 heterocycles. The van der Waals surface area contributed by atoms with Crippen molar-refractivity contribution in [2.24, 2.45) is 4.99 Å². The molecule has 0 radical (unpaired) electrons. The van der Waals surface area contributed by atoms with E-state index in [4.69, 9.17) is 0 Å². The molecule has 0 unspecified atom stereocenters. The molecule has 24 heavy (non-hydrogen) atoms. The zero-order valence-corrected chi connectivity index (χ0v) is 14.2.